The number of aromatic nitrogens is 3. The van der Waals surface area contributed by atoms with Crippen molar-refractivity contribution in [3.8, 4) is 0 Å². The largest absolute Gasteiger partial charge is 0.469 e. The quantitative estimate of drug-likeness (QED) is 0.478. The van der Waals surface area contributed by atoms with Crippen LogP contribution >= 0.6 is 0 Å². The number of esters is 1. The Morgan fingerprint density at radius 1 is 1.30 bits per heavy atom. The number of anilines is 3. The maximum Gasteiger partial charge on any atom is 0.353 e. The number of ether oxygens (including phenoxy) is 1. The van der Waals surface area contributed by atoms with Crippen LogP contribution in [-0.4, -0.2) is 46.0 Å². The summed E-state index contributed by atoms with van der Waals surface area (Å²) in [6, 6.07) is 3.57. The van der Waals surface area contributed by atoms with Gasteiger partial charge in [0.2, 0.25) is 11.6 Å². The van der Waals surface area contributed by atoms with E-state index in [0.29, 0.717) is 31.7 Å². The van der Waals surface area contributed by atoms with Gasteiger partial charge >= 0.3 is 11.7 Å². The summed E-state index contributed by atoms with van der Waals surface area (Å²) in [6.45, 7) is 2.85. The third-order valence-electron chi connectivity index (χ3n) is 4.47. The lowest BCUT2D eigenvalue weighted by Crippen LogP contribution is -2.37. The second kappa shape index (κ2) is 7.94. The van der Waals surface area contributed by atoms with Gasteiger partial charge in [-0.2, -0.15) is 0 Å². The average molecular weight is 372 g/mol. The molecule has 0 atom stereocenters. The van der Waals surface area contributed by atoms with Crippen molar-refractivity contribution in [1.29, 1.82) is 0 Å². The number of piperidine rings is 1. The number of carbonyl (C=O) groups excluding carboxylic acids is 1. The summed E-state index contributed by atoms with van der Waals surface area (Å²) >= 11 is 0. The van der Waals surface area contributed by atoms with Crippen LogP contribution in [0.4, 0.5) is 23.1 Å². The van der Waals surface area contributed by atoms with Crippen molar-refractivity contribution in [2.45, 2.75) is 19.8 Å². The number of methoxy groups -OCH3 is 1. The fourth-order valence-electron chi connectivity index (χ4n) is 3.02. The van der Waals surface area contributed by atoms with Crippen LogP contribution in [-0.2, 0) is 9.53 Å². The molecule has 10 heteroatoms. The maximum atomic E-state index is 11.7. The van der Waals surface area contributed by atoms with E-state index in [2.05, 4.69) is 20.3 Å². The molecule has 0 spiro atoms. The van der Waals surface area contributed by atoms with Gasteiger partial charge in [0.25, 0.3) is 0 Å². The van der Waals surface area contributed by atoms with E-state index in [0.717, 1.165) is 5.56 Å². The first-order valence-electron chi connectivity index (χ1n) is 8.51. The number of hydrogen-bond donors (Lipinski definition) is 1. The number of carbonyl (C=O) groups is 1. The first kappa shape index (κ1) is 18.5. The van der Waals surface area contributed by atoms with Crippen molar-refractivity contribution in [3.05, 3.63) is 40.3 Å². The van der Waals surface area contributed by atoms with E-state index in [4.69, 9.17) is 4.74 Å². The lowest BCUT2D eigenvalue weighted by Gasteiger charge is -2.31. The molecule has 3 heterocycles. The summed E-state index contributed by atoms with van der Waals surface area (Å²) in [5, 5.41) is 14.6. The van der Waals surface area contributed by atoms with Crippen molar-refractivity contribution >= 4 is 29.1 Å². The standard InChI is InChI=1S/C17H20N6O4/c1-11-3-4-13(18-9-11)21-15-14(23(25)26)16(20-10-19-15)22-7-5-12(6-8-22)17(24)27-2/h3-4,9-10,12H,5-8H2,1-2H3,(H,18,19,20,21). The number of aryl methyl sites for hydroxylation is 1. The molecule has 1 aliphatic heterocycles. The molecule has 0 aliphatic carbocycles. The topological polar surface area (TPSA) is 123 Å². The molecule has 2 aromatic heterocycles. The first-order chi connectivity index (χ1) is 13.0. The van der Waals surface area contributed by atoms with Crippen LogP contribution in [0.15, 0.2) is 24.7 Å². The molecule has 1 saturated heterocycles. The molecule has 1 aliphatic rings. The van der Waals surface area contributed by atoms with E-state index in [9.17, 15) is 14.9 Å². The highest BCUT2D eigenvalue weighted by Crippen LogP contribution is 2.35. The summed E-state index contributed by atoms with van der Waals surface area (Å²) < 4.78 is 4.78. The number of nitro groups is 1. The van der Waals surface area contributed by atoms with Gasteiger partial charge in [-0.15, -0.1) is 0 Å². The lowest BCUT2D eigenvalue weighted by molar-refractivity contribution is -0.383. The number of nitrogens with zero attached hydrogens (tertiary/aromatic N) is 5. The minimum atomic E-state index is -0.502. The van der Waals surface area contributed by atoms with Crippen LogP contribution in [0.25, 0.3) is 0 Å². The Labute approximate surface area is 155 Å². The minimum Gasteiger partial charge on any atom is -0.469 e. The SMILES string of the molecule is COC(=O)C1CCN(c2ncnc(Nc3ccc(C)cn3)c2[N+](=O)[O-])CC1. The van der Waals surface area contributed by atoms with Crippen molar-refractivity contribution < 1.29 is 14.5 Å². The fraction of sp³-hybridized carbons (Fsp3) is 0.412. The van der Waals surface area contributed by atoms with Crippen LogP contribution in [0.2, 0.25) is 0 Å². The Balaban J connectivity index is 1.85. The number of hydrogen-bond acceptors (Lipinski definition) is 9. The highest BCUT2D eigenvalue weighted by atomic mass is 16.6. The molecule has 1 N–H and O–H groups in total. The van der Waals surface area contributed by atoms with Crippen LogP contribution in [0.3, 0.4) is 0 Å². The molecule has 0 aromatic carbocycles. The normalized spacial score (nSPS) is 14.7. The van der Waals surface area contributed by atoms with Gasteiger partial charge in [0.05, 0.1) is 18.0 Å². The zero-order valence-corrected chi connectivity index (χ0v) is 15.1. The van der Waals surface area contributed by atoms with Crippen molar-refractivity contribution in [2.75, 3.05) is 30.4 Å². The second-order valence-corrected chi connectivity index (χ2v) is 6.28. The van der Waals surface area contributed by atoms with Gasteiger partial charge in [-0.05, 0) is 31.4 Å². The molecule has 0 amide bonds. The Morgan fingerprint density at radius 2 is 2.04 bits per heavy atom. The number of rotatable bonds is 5. The van der Waals surface area contributed by atoms with Crippen molar-refractivity contribution in [2.24, 2.45) is 5.92 Å². The van der Waals surface area contributed by atoms with Gasteiger partial charge in [0.1, 0.15) is 12.1 Å². The highest BCUT2D eigenvalue weighted by molar-refractivity contribution is 5.75. The van der Waals surface area contributed by atoms with Crippen LogP contribution in [0, 0.1) is 23.0 Å². The monoisotopic (exact) mass is 372 g/mol. The summed E-state index contributed by atoms with van der Waals surface area (Å²) in [5.74, 6) is 0.322. The Bertz CT molecular complexity index is 834. The molecule has 0 unspecified atom stereocenters. The van der Waals surface area contributed by atoms with Gasteiger partial charge in [0.15, 0.2) is 0 Å². The zero-order chi connectivity index (χ0) is 19.4. The predicted molar refractivity (Wildman–Crippen MR) is 97.9 cm³/mol. The molecule has 0 saturated carbocycles. The maximum absolute atomic E-state index is 11.7. The minimum absolute atomic E-state index is 0.0800. The van der Waals surface area contributed by atoms with E-state index in [1.165, 1.54) is 13.4 Å². The van der Waals surface area contributed by atoms with Gasteiger partial charge < -0.3 is 15.0 Å². The van der Waals surface area contributed by atoms with Gasteiger partial charge in [-0.3, -0.25) is 14.9 Å². The van der Waals surface area contributed by atoms with E-state index < -0.39 is 4.92 Å². The zero-order valence-electron chi connectivity index (χ0n) is 15.1. The molecule has 1 fully saturated rings. The lowest BCUT2D eigenvalue weighted by atomic mass is 9.97. The summed E-state index contributed by atoms with van der Waals surface area (Å²) in [7, 11) is 1.36. The van der Waals surface area contributed by atoms with Gasteiger partial charge in [-0.1, -0.05) is 6.07 Å². The van der Waals surface area contributed by atoms with E-state index in [1.54, 1.807) is 17.2 Å². The highest BCUT2D eigenvalue weighted by Gasteiger charge is 2.32. The van der Waals surface area contributed by atoms with E-state index in [-0.39, 0.29) is 29.2 Å². The molecular formula is C17H20N6O4. The van der Waals surface area contributed by atoms with Crippen LogP contribution in [0.1, 0.15) is 18.4 Å². The molecule has 0 radical (unpaired) electrons. The van der Waals surface area contributed by atoms with Crippen molar-refractivity contribution in [3.63, 3.8) is 0 Å². The Hall–Kier alpha value is -3.30. The first-order valence-corrected chi connectivity index (χ1v) is 8.51. The third kappa shape index (κ3) is 4.10. The number of nitrogens with one attached hydrogen (secondary N) is 1. The second-order valence-electron chi connectivity index (χ2n) is 6.28. The summed E-state index contributed by atoms with van der Waals surface area (Å²) in [5.41, 5.74) is 0.767. The third-order valence-corrected chi connectivity index (χ3v) is 4.47. The molecule has 142 valence electrons. The molecule has 2 aromatic rings. The van der Waals surface area contributed by atoms with Crippen molar-refractivity contribution in [1.82, 2.24) is 15.0 Å². The van der Waals surface area contributed by atoms with E-state index >= 15 is 0 Å². The molecule has 3 rings (SSSR count). The van der Waals surface area contributed by atoms with Gasteiger partial charge in [-0.25, -0.2) is 15.0 Å². The van der Waals surface area contributed by atoms with Crippen LogP contribution in [0.5, 0.6) is 0 Å². The predicted octanol–water partition coefficient (Wildman–Crippen LogP) is 2.22. The molecule has 10 nitrogen and oxygen atoms in total. The molecular weight excluding hydrogens is 352 g/mol. The number of pyridine rings is 1. The fourth-order valence-corrected chi connectivity index (χ4v) is 3.02. The average Bonchev–Trinajstić information content (AvgIpc) is 2.69. The smallest absolute Gasteiger partial charge is 0.353 e. The Kier molecular flexibility index (Phi) is 5.43. The van der Waals surface area contributed by atoms with Crippen LogP contribution < -0.4 is 10.2 Å². The summed E-state index contributed by atoms with van der Waals surface area (Å²) in [6.07, 6.45) is 4.05. The van der Waals surface area contributed by atoms with E-state index in [1.807, 2.05) is 13.0 Å². The van der Waals surface area contributed by atoms with Gasteiger partial charge in [0, 0.05) is 19.3 Å². The molecule has 27 heavy (non-hydrogen) atoms. The summed E-state index contributed by atoms with van der Waals surface area (Å²) in [4.78, 5) is 37.0. The molecule has 0 bridgehead atoms. The Morgan fingerprint density at radius 3 is 2.63 bits per heavy atom.